The predicted molar refractivity (Wildman–Crippen MR) is 99.0 cm³/mol. The van der Waals surface area contributed by atoms with E-state index in [4.69, 9.17) is 4.74 Å². The molecule has 0 spiro atoms. The van der Waals surface area contributed by atoms with Crippen molar-refractivity contribution in [1.82, 2.24) is 19.9 Å². The molecular weight excluding hydrogens is 338 g/mol. The van der Waals surface area contributed by atoms with Gasteiger partial charge in [0, 0.05) is 25.2 Å². The molecule has 0 aliphatic rings. The molecule has 0 fully saturated rings. The van der Waals surface area contributed by atoms with Crippen LogP contribution in [0.25, 0.3) is 21.5 Å². The number of carbonyl (C=O) groups is 1. The van der Waals surface area contributed by atoms with Crippen LogP contribution in [-0.2, 0) is 4.79 Å². The van der Waals surface area contributed by atoms with Gasteiger partial charge in [-0.3, -0.25) is 4.79 Å². The van der Waals surface area contributed by atoms with Crippen LogP contribution in [-0.4, -0.2) is 53.0 Å². The Morgan fingerprint density at radius 1 is 1.28 bits per heavy atom. The molecule has 2 heterocycles. The van der Waals surface area contributed by atoms with E-state index < -0.39 is 0 Å². The van der Waals surface area contributed by atoms with Crippen molar-refractivity contribution in [3.8, 4) is 17.3 Å². The van der Waals surface area contributed by atoms with E-state index in [1.54, 1.807) is 6.20 Å². The van der Waals surface area contributed by atoms with E-state index in [1.807, 2.05) is 43.3 Å². The molecule has 0 radical (unpaired) electrons. The third kappa shape index (κ3) is 4.49. The molecule has 8 heteroatoms. The van der Waals surface area contributed by atoms with Crippen molar-refractivity contribution in [1.29, 1.82) is 0 Å². The fourth-order valence-corrected chi connectivity index (χ4v) is 3.13. The Morgan fingerprint density at radius 2 is 2.12 bits per heavy atom. The Kier molecular flexibility index (Phi) is 5.20. The number of nitrogens with zero attached hydrogens (tertiary/aromatic N) is 4. The fraction of sp³-hybridized carbons (Fsp3) is 0.294. The number of hydrogen-bond donors (Lipinski definition) is 1. The second kappa shape index (κ2) is 7.54. The number of amides is 1. The number of ether oxygens (including phenoxy) is 1. The second-order valence-electron chi connectivity index (χ2n) is 5.76. The van der Waals surface area contributed by atoms with Gasteiger partial charge in [-0.15, -0.1) is 0 Å². The molecule has 1 amide bonds. The van der Waals surface area contributed by atoms with E-state index in [0.29, 0.717) is 17.7 Å². The summed E-state index contributed by atoms with van der Waals surface area (Å²) in [7, 11) is 3.97. The van der Waals surface area contributed by atoms with Crippen molar-refractivity contribution < 1.29 is 9.53 Å². The Balaban J connectivity index is 1.82. The summed E-state index contributed by atoms with van der Waals surface area (Å²) < 4.78 is 6.57. The molecule has 130 valence electrons. The number of rotatable bonds is 6. The maximum absolute atomic E-state index is 11.2. The topological polar surface area (TPSA) is 80.2 Å². The summed E-state index contributed by atoms with van der Waals surface area (Å²) >= 11 is 1.43. The Morgan fingerprint density at radius 3 is 2.88 bits per heavy atom. The summed E-state index contributed by atoms with van der Waals surface area (Å²) in [6.45, 7) is 2.80. The first-order chi connectivity index (χ1) is 12.0. The minimum absolute atomic E-state index is 0.130. The van der Waals surface area contributed by atoms with Crippen LogP contribution in [0.15, 0.2) is 30.5 Å². The number of benzene rings is 1. The number of anilines is 1. The Bertz CT molecular complexity index is 894. The van der Waals surface area contributed by atoms with Gasteiger partial charge in [-0.05, 0) is 32.3 Å². The number of hydrogen-bond acceptors (Lipinski definition) is 7. The molecule has 2 aromatic heterocycles. The summed E-state index contributed by atoms with van der Waals surface area (Å²) in [5, 5.41) is 3.31. The molecule has 0 bridgehead atoms. The first-order valence-corrected chi connectivity index (χ1v) is 8.62. The van der Waals surface area contributed by atoms with E-state index in [0.717, 1.165) is 28.0 Å². The average Bonchev–Trinajstić information content (AvgIpc) is 2.95. The number of nitrogens with one attached hydrogen (secondary N) is 1. The van der Waals surface area contributed by atoms with Crippen LogP contribution in [0, 0.1) is 0 Å². The lowest BCUT2D eigenvalue weighted by molar-refractivity contribution is -0.114. The first kappa shape index (κ1) is 17.2. The largest absolute Gasteiger partial charge is 0.462 e. The monoisotopic (exact) mass is 357 g/mol. The summed E-state index contributed by atoms with van der Waals surface area (Å²) in [6.07, 6.45) is 1.69. The lowest BCUT2D eigenvalue weighted by atomic mass is 10.1. The normalized spacial score (nSPS) is 11.0. The van der Waals surface area contributed by atoms with E-state index >= 15 is 0 Å². The summed E-state index contributed by atoms with van der Waals surface area (Å²) in [4.78, 5) is 26.2. The highest BCUT2D eigenvalue weighted by Gasteiger charge is 2.09. The number of aromatic nitrogens is 3. The maximum Gasteiger partial charge on any atom is 0.316 e. The number of thiazole rings is 1. The Labute approximate surface area is 149 Å². The second-order valence-corrected chi connectivity index (χ2v) is 6.79. The quantitative estimate of drug-likeness (QED) is 0.730. The van der Waals surface area contributed by atoms with Gasteiger partial charge in [0.1, 0.15) is 6.61 Å². The maximum atomic E-state index is 11.2. The third-order valence-electron chi connectivity index (χ3n) is 3.37. The van der Waals surface area contributed by atoms with Crippen LogP contribution < -0.4 is 10.1 Å². The number of carbonyl (C=O) groups excluding carboxylic acids is 1. The van der Waals surface area contributed by atoms with E-state index in [9.17, 15) is 4.79 Å². The van der Waals surface area contributed by atoms with Crippen molar-refractivity contribution in [2.75, 3.05) is 32.6 Å². The van der Waals surface area contributed by atoms with Gasteiger partial charge in [-0.1, -0.05) is 17.4 Å². The molecule has 25 heavy (non-hydrogen) atoms. The van der Waals surface area contributed by atoms with Crippen molar-refractivity contribution >= 4 is 32.6 Å². The van der Waals surface area contributed by atoms with Gasteiger partial charge >= 0.3 is 6.01 Å². The van der Waals surface area contributed by atoms with Crippen molar-refractivity contribution in [3.05, 3.63) is 30.5 Å². The third-order valence-corrected chi connectivity index (χ3v) is 4.30. The van der Waals surface area contributed by atoms with Crippen LogP contribution in [0.3, 0.4) is 0 Å². The summed E-state index contributed by atoms with van der Waals surface area (Å²) in [5.41, 5.74) is 2.57. The number of fused-ring (bicyclic) bond motifs is 1. The molecular formula is C17H19N5O2S. The van der Waals surface area contributed by atoms with Gasteiger partial charge in [0.2, 0.25) is 5.91 Å². The first-order valence-electron chi connectivity index (χ1n) is 7.80. The number of likely N-dealkylation sites (N-methyl/N-ethyl adjacent to an activating group) is 1. The predicted octanol–water partition coefficient (Wildman–Crippen LogP) is 2.65. The zero-order valence-corrected chi connectivity index (χ0v) is 15.1. The molecule has 7 nitrogen and oxygen atoms in total. The lowest BCUT2D eigenvalue weighted by Gasteiger charge is -2.10. The Hall–Kier alpha value is -2.58. The van der Waals surface area contributed by atoms with Crippen LogP contribution in [0.2, 0.25) is 0 Å². The molecule has 0 aliphatic carbocycles. The standard InChI is InChI=1S/C17H19N5O2S/c1-11(23)19-17-21-14-5-4-12(10-15(14)25-17)13-6-7-18-16(20-13)24-9-8-22(2)3/h4-7,10H,8-9H2,1-3H3,(H,19,21,23). The zero-order valence-electron chi connectivity index (χ0n) is 14.3. The van der Waals surface area contributed by atoms with Gasteiger partial charge in [0.05, 0.1) is 15.9 Å². The smallest absolute Gasteiger partial charge is 0.316 e. The van der Waals surface area contributed by atoms with Crippen molar-refractivity contribution in [3.63, 3.8) is 0 Å². The summed E-state index contributed by atoms with van der Waals surface area (Å²) in [5.74, 6) is -0.130. The van der Waals surface area contributed by atoms with Crippen LogP contribution >= 0.6 is 11.3 Å². The molecule has 0 saturated carbocycles. The van der Waals surface area contributed by atoms with Crippen LogP contribution in [0.5, 0.6) is 6.01 Å². The van der Waals surface area contributed by atoms with Gasteiger partial charge in [0.25, 0.3) is 0 Å². The SMILES string of the molecule is CC(=O)Nc1nc2ccc(-c3ccnc(OCCN(C)C)n3)cc2s1. The molecule has 3 rings (SSSR count). The highest BCUT2D eigenvalue weighted by Crippen LogP contribution is 2.30. The van der Waals surface area contributed by atoms with Crippen LogP contribution in [0.1, 0.15) is 6.92 Å². The highest BCUT2D eigenvalue weighted by molar-refractivity contribution is 7.22. The van der Waals surface area contributed by atoms with Crippen molar-refractivity contribution in [2.45, 2.75) is 6.92 Å². The average molecular weight is 357 g/mol. The molecule has 0 saturated heterocycles. The van der Waals surface area contributed by atoms with Gasteiger partial charge < -0.3 is 15.0 Å². The van der Waals surface area contributed by atoms with Crippen molar-refractivity contribution in [2.24, 2.45) is 0 Å². The molecule has 1 aromatic carbocycles. The van der Waals surface area contributed by atoms with E-state index in [2.05, 4.69) is 20.3 Å². The minimum atomic E-state index is -0.130. The molecule has 0 unspecified atom stereocenters. The highest BCUT2D eigenvalue weighted by atomic mass is 32.1. The zero-order chi connectivity index (χ0) is 17.8. The van der Waals surface area contributed by atoms with E-state index in [-0.39, 0.29) is 5.91 Å². The summed E-state index contributed by atoms with van der Waals surface area (Å²) in [6, 6.07) is 8.08. The van der Waals surface area contributed by atoms with Crippen LogP contribution in [0.4, 0.5) is 5.13 Å². The molecule has 0 aliphatic heterocycles. The fourth-order valence-electron chi connectivity index (χ4n) is 2.18. The molecule has 1 N–H and O–H groups in total. The van der Waals surface area contributed by atoms with E-state index in [1.165, 1.54) is 18.3 Å². The minimum Gasteiger partial charge on any atom is -0.462 e. The van der Waals surface area contributed by atoms with Gasteiger partial charge in [-0.25, -0.2) is 9.97 Å². The van der Waals surface area contributed by atoms with Gasteiger partial charge in [0.15, 0.2) is 5.13 Å². The molecule has 0 atom stereocenters. The molecule has 3 aromatic rings. The lowest BCUT2D eigenvalue weighted by Crippen LogP contribution is -2.20. The van der Waals surface area contributed by atoms with Gasteiger partial charge in [-0.2, -0.15) is 4.98 Å².